The summed E-state index contributed by atoms with van der Waals surface area (Å²) in [6.07, 6.45) is 2.69. The highest BCUT2D eigenvalue weighted by Crippen LogP contribution is 2.21. The lowest BCUT2D eigenvalue weighted by atomic mass is 9.88. The van der Waals surface area contributed by atoms with E-state index in [1.165, 1.54) is 22.4 Å². The van der Waals surface area contributed by atoms with E-state index in [1.54, 1.807) is 0 Å². The van der Waals surface area contributed by atoms with Crippen LogP contribution < -0.4 is 4.90 Å². The first-order valence-corrected chi connectivity index (χ1v) is 11.5. The van der Waals surface area contributed by atoms with E-state index in [4.69, 9.17) is 4.74 Å². The van der Waals surface area contributed by atoms with Crippen molar-refractivity contribution in [1.82, 2.24) is 4.90 Å². The van der Waals surface area contributed by atoms with Gasteiger partial charge in [-0.05, 0) is 58.5 Å². The topological polar surface area (TPSA) is 32.8 Å². The van der Waals surface area contributed by atoms with Crippen molar-refractivity contribution in [3.05, 3.63) is 65.2 Å². The van der Waals surface area contributed by atoms with E-state index in [0.717, 1.165) is 45.4 Å². The Balaban J connectivity index is 0.000000291. The number of benzene rings is 2. The molecule has 0 bridgehead atoms. The monoisotopic (exact) mass is 426 g/mol. The molecule has 0 N–H and O–H groups in total. The van der Waals surface area contributed by atoms with Gasteiger partial charge in [-0.3, -0.25) is 4.90 Å². The van der Waals surface area contributed by atoms with E-state index in [9.17, 15) is 4.79 Å². The van der Waals surface area contributed by atoms with Gasteiger partial charge in [-0.25, -0.2) is 0 Å². The molecule has 1 heterocycles. The Morgan fingerprint density at radius 2 is 1.42 bits per heavy atom. The number of aldehydes is 1. The number of hydrogen-bond donors (Lipinski definition) is 0. The van der Waals surface area contributed by atoms with Crippen LogP contribution in [0.1, 0.15) is 43.9 Å². The average Bonchev–Trinajstić information content (AvgIpc) is 2.81. The standard InChI is InChI=1S/C14H21NO.C11H15NO.C2H6/c1-5-14(11-16,15(3)4)10-13-8-6-12(2)7-9-13;1-10-2-4-11(5-3-10)12-6-8-13-9-7-12;1-2/h6-9,11H,5,10H2,1-4H3;2-5H,6-9H2,1H3;1-2H3. The molecule has 0 aliphatic carbocycles. The molecule has 0 aromatic heterocycles. The number of morpholine rings is 1. The summed E-state index contributed by atoms with van der Waals surface area (Å²) in [7, 11) is 3.93. The van der Waals surface area contributed by atoms with Gasteiger partial charge in [0.25, 0.3) is 0 Å². The number of rotatable bonds is 6. The maximum atomic E-state index is 11.3. The van der Waals surface area contributed by atoms with Gasteiger partial charge in [-0.15, -0.1) is 0 Å². The predicted molar refractivity (Wildman–Crippen MR) is 133 cm³/mol. The van der Waals surface area contributed by atoms with E-state index < -0.39 is 0 Å². The Kier molecular flexibility index (Phi) is 12.1. The highest BCUT2D eigenvalue weighted by atomic mass is 16.5. The molecule has 4 nitrogen and oxygen atoms in total. The summed E-state index contributed by atoms with van der Waals surface area (Å²) in [5.74, 6) is 0. The van der Waals surface area contributed by atoms with Crippen LogP contribution in [0.15, 0.2) is 48.5 Å². The van der Waals surface area contributed by atoms with Crippen LogP contribution >= 0.6 is 0 Å². The van der Waals surface area contributed by atoms with Crippen LogP contribution in [0.3, 0.4) is 0 Å². The van der Waals surface area contributed by atoms with E-state index in [1.807, 2.05) is 32.8 Å². The Bertz CT molecular complexity index is 735. The lowest BCUT2D eigenvalue weighted by Crippen LogP contribution is -2.47. The molecule has 4 heteroatoms. The quantitative estimate of drug-likeness (QED) is 0.587. The number of anilines is 1. The molecule has 0 amide bonds. The third-order valence-corrected chi connectivity index (χ3v) is 5.76. The van der Waals surface area contributed by atoms with E-state index >= 15 is 0 Å². The molecular weight excluding hydrogens is 384 g/mol. The summed E-state index contributed by atoms with van der Waals surface area (Å²) in [5.41, 5.74) is 4.73. The molecule has 31 heavy (non-hydrogen) atoms. The van der Waals surface area contributed by atoms with E-state index in [0.29, 0.717) is 0 Å². The number of aryl methyl sites for hydroxylation is 2. The summed E-state index contributed by atoms with van der Waals surface area (Å²) in [5, 5.41) is 0. The smallest absolute Gasteiger partial charge is 0.140 e. The van der Waals surface area contributed by atoms with Gasteiger partial charge in [0, 0.05) is 18.8 Å². The van der Waals surface area contributed by atoms with Gasteiger partial charge in [0.15, 0.2) is 0 Å². The molecule has 3 rings (SSSR count). The van der Waals surface area contributed by atoms with Gasteiger partial charge in [-0.1, -0.05) is 68.3 Å². The molecule has 0 radical (unpaired) electrons. The van der Waals surface area contributed by atoms with Crippen molar-refractivity contribution in [2.24, 2.45) is 0 Å². The molecule has 2 aromatic carbocycles. The lowest BCUT2D eigenvalue weighted by Gasteiger charge is -2.34. The summed E-state index contributed by atoms with van der Waals surface area (Å²) in [6, 6.07) is 17.1. The summed E-state index contributed by atoms with van der Waals surface area (Å²) in [6.45, 7) is 14.0. The van der Waals surface area contributed by atoms with Crippen LogP contribution in [0.5, 0.6) is 0 Å². The molecule has 1 unspecified atom stereocenters. The second kappa shape index (κ2) is 14.0. The molecule has 1 atom stereocenters. The van der Waals surface area contributed by atoms with Gasteiger partial charge in [-0.2, -0.15) is 0 Å². The van der Waals surface area contributed by atoms with Gasteiger partial charge in [0.2, 0.25) is 0 Å². The zero-order chi connectivity index (χ0) is 23.3. The number of ether oxygens (including phenoxy) is 1. The number of hydrogen-bond acceptors (Lipinski definition) is 4. The van der Waals surface area contributed by atoms with Crippen molar-refractivity contribution in [3.8, 4) is 0 Å². The normalized spacial score (nSPS) is 15.2. The Labute approximate surface area is 190 Å². The minimum atomic E-state index is -0.366. The number of carbonyl (C=O) groups is 1. The third kappa shape index (κ3) is 8.47. The van der Waals surface area contributed by atoms with Crippen molar-refractivity contribution in [3.63, 3.8) is 0 Å². The maximum absolute atomic E-state index is 11.3. The largest absolute Gasteiger partial charge is 0.378 e. The molecule has 172 valence electrons. The molecular formula is C27H42N2O2. The van der Waals surface area contributed by atoms with Gasteiger partial charge < -0.3 is 14.4 Å². The van der Waals surface area contributed by atoms with E-state index in [2.05, 4.69) is 74.2 Å². The zero-order valence-electron chi connectivity index (χ0n) is 20.6. The molecule has 1 fully saturated rings. The molecule has 1 saturated heterocycles. The second-order valence-corrected chi connectivity index (χ2v) is 8.07. The van der Waals surface area contributed by atoms with Crippen molar-refractivity contribution in [1.29, 1.82) is 0 Å². The zero-order valence-corrected chi connectivity index (χ0v) is 20.6. The number of likely N-dealkylation sites (N-methyl/N-ethyl adjacent to an activating group) is 1. The molecule has 1 aliphatic rings. The fraction of sp³-hybridized carbons (Fsp3) is 0.519. The number of nitrogens with zero attached hydrogens (tertiary/aromatic N) is 2. The van der Waals surface area contributed by atoms with E-state index in [-0.39, 0.29) is 5.54 Å². The van der Waals surface area contributed by atoms with Crippen LogP contribution in [0.2, 0.25) is 0 Å². The SMILES string of the molecule is CC.CCC(C=O)(Cc1ccc(C)cc1)N(C)C.Cc1ccc(N2CCOCC2)cc1. The second-order valence-electron chi connectivity index (χ2n) is 8.07. The van der Waals surface area contributed by atoms with Crippen LogP contribution in [-0.4, -0.2) is 57.1 Å². The van der Waals surface area contributed by atoms with Gasteiger partial charge >= 0.3 is 0 Å². The first-order chi connectivity index (χ1) is 14.9. The number of carbonyl (C=O) groups excluding carboxylic acids is 1. The maximum Gasteiger partial charge on any atom is 0.140 e. The average molecular weight is 427 g/mol. The van der Waals surface area contributed by atoms with Crippen molar-refractivity contribution >= 4 is 12.0 Å². The highest BCUT2D eigenvalue weighted by molar-refractivity contribution is 5.65. The van der Waals surface area contributed by atoms with Crippen LogP contribution in [-0.2, 0) is 16.0 Å². The van der Waals surface area contributed by atoms with Crippen LogP contribution in [0.4, 0.5) is 5.69 Å². The lowest BCUT2D eigenvalue weighted by molar-refractivity contribution is -0.117. The molecule has 0 spiro atoms. The summed E-state index contributed by atoms with van der Waals surface area (Å²) >= 11 is 0. The Morgan fingerprint density at radius 3 is 1.84 bits per heavy atom. The highest BCUT2D eigenvalue weighted by Gasteiger charge is 2.30. The Hall–Kier alpha value is -2.17. The van der Waals surface area contributed by atoms with Gasteiger partial charge in [0.1, 0.15) is 6.29 Å². The Morgan fingerprint density at radius 1 is 0.935 bits per heavy atom. The van der Waals surface area contributed by atoms with Crippen molar-refractivity contribution in [2.45, 2.75) is 53.0 Å². The third-order valence-electron chi connectivity index (χ3n) is 5.76. The first kappa shape index (κ1) is 26.9. The summed E-state index contributed by atoms with van der Waals surface area (Å²) < 4.78 is 5.30. The fourth-order valence-corrected chi connectivity index (χ4v) is 3.47. The molecule has 1 aliphatic heterocycles. The molecule has 0 saturated carbocycles. The minimum absolute atomic E-state index is 0.366. The molecule has 2 aromatic rings. The van der Waals surface area contributed by atoms with Crippen molar-refractivity contribution < 1.29 is 9.53 Å². The predicted octanol–water partition coefficient (Wildman–Crippen LogP) is 5.30. The first-order valence-electron chi connectivity index (χ1n) is 11.5. The minimum Gasteiger partial charge on any atom is -0.378 e. The van der Waals surface area contributed by atoms with Crippen LogP contribution in [0, 0.1) is 13.8 Å². The van der Waals surface area contributed by atoms with Crippen molar-refractivity contribution in [2.75, 3.05) is 45.3 Å². The fourth-order valence-electron chi connectivity index (χ4n) is 3.47. The van der Waals surface area contributed by atoms with Crippen LogP contribution in [0.25, 0.3) is 0 Å². The summed E-state index contributed by atoms with van der Waals surface area (Å²) in [4.78, 5) is 15.7. The van der Waals surface area contributed by atoms with Gasteiger partial charge in [0.05, 0.1) is 18.8 Å².